The van der Waals surface area contributed by atoms with E-state index in [1.165, 1.54) is 18.0 Å². The molecule has 9 heteroatoms. The molecule has 0 radical (unpaired) electrons. The molecule has 0 bridgehead atoms. The van der Waals surface area contributed by atoms with Crippen molar-refractivity contribution in [2.45, 2.75) is 25.2 Å². The normalized spacial score (nSPS) is 10.8. The molecule has 3 rings (SSSR count). The van der Waals surface area contributed by atoms with Crippen molar-refractivity contribution in [1.82, 2.24) is 19.7 Å². The molecular formula is C18H18ClN5O2S. The molecule has 0 aliphatic rings. The number of anilines is 1. The quantitative estimate of drug-likeness (QED) is 0.588. The van der Waals surface area contributed by atoms with Crippen molar-refractivity contribution < 1.29 is 9.90 Å². The van der Waals surface area contributed by atoms with E-state index in [1.807, 2.05) is 41.8 Å². The maximum atomic E-state index is 12.2. The second-order valence-corrected chi connectivity index (χ2v) is 6.92. The first-order chi connectivity index (χ1) is 13.1. The van der Waals surface area contributed by atoms with Crippen LogP contribution in [0.25, 0.3) is 11.4 Å². The average molecular weight is 404 g/mol. The first-order valence-corrected chi connectivity index (χ1v) is 9.65. The molecule has 2 heterocycles. The molecule has 0 spiro atoms. The number of pyridine rings is 1. The van der Waals surface area contributed by atoms with Crippen molar-refractivity contribution in [1.29, 1.82) is 0 Å². The summed E-state index contributed by atoms with van der Waals surface area (Å²) in [6.07, 6.45) is 1.48. The van der Waals surface area contributed by atoms with E-state index in [4.69, 9.17) is 11.6 Å². The van der Waals surface area contributed by atoms with Crippen LogP contribution in [0.4, 0.5) is 5.69 Å². The monoisotopic (exact) mass is 403 g/mol. The number of carbonyl (C=O) groups excluding carboxylic acids is 1. The molecule has 140 valence electrons. The Labute approximate surface area is 165 Å². The van der Waals surface area contributed by atoms with Crippen molar-refractivity contribution in [2.75, 3.05) is 11.1 Å². The Morgan fingerprint density at radius 2 is 2.07 bits per heavy atom. The first kappa shape index (κ1) is 19.3. The highest BCUT2D eigenvalue weighted by Gasteiger charge is 2.17. The van der Waals surface area contributed by atoms with Crippen LogP contribution in [0.3, 0.4) is 0 Å². The Morgan fingerprint density at radius 3 is 2.78 bits per heavy atom. The molecule has 1 amide bonds. The number of aliphatic hydroxyl groups excluding tert-OH is 1. The zero-order valence-corrected chi connectivity index (χ0v) is 16.2. The second kappa shape index (κ2) is 8.98. The lowest BCUT2D eigenvalue weighted by atomic mass is 10.2. The van der Waals surface area contributed by atoms with Gasteiger partial charge in [0.25, 0.3) is 0 Å². The minimum atomic E-state index is -0.189. The largest absolute Gasteiger partial charge is 0.390 e. The van der Waals surface area contributed by atoms with Crippen molar-refractivity contribution in [3.05, 3.63) is 53.3 Å². The molecule has 0 atom stereocenters. The minimum absolute atomic E-state index is 0.122. The van der Waals surface area contributed by atoms with Crippen molar-refractivity contribution in [2.24, 2.45) is 0 Å². The van der Waals surface area contributed by atoms with Gasteiger partial charge in [-0.25, -0.2) is 0 Å². The fourth-order valence-electron chi connectivity index (χ4n) is 2.47. The van der Waals surface area contributed by atoms with E-state index in [0.29, 0.717) is 33.8 Å². The summed E-state index contributed by atoms with van der Waals surface area (Å²) < 4.78 is 1.88. The molecule has 0 aliphatic carbocycles. The molecule has 2 N–H and O–H groups in total. The third-order valence-corrected chi connectivity index (χ3v) is 5.01. The summed E-state index contributed by atoms with van der Waals surface area (Å²) in [5, 5.41) is 21.6. The van der Waals surface area contributed by atoms with Gasteiger partial charge in [-0.1, -0.05) is 41.6 Å². The van der Waals surface area contributed by atoms with Gasteiger partial charge in [0, 0.05) is 24.0 Å². The Bertz CT molecular complexity index is 933. The average Bonchev–Trinajstić information content (AvgIpc) is 3.10. The zero-order valence-electron chi connectivity index (χ0n) is 14.6. The number of nitrogens with zero attached hydrogens (tertiary/aromatic N) is 4. The van der Waals surface area contributed by atoms with Crippen LogP contribution >= 0.6 is 23.4 Å². The molecular weight excluding hydrogens is 386 g/mol. The smallest absolute Gasteiger partial charge is 0.234 e. The number of hydrogen-bond acceptors (Lipinski definition) is 6. The summed E-state index contributed by atoms with van der Waals surface area (Å²) in [5.74, 6) is 0.660. The van der Waals surface area contributed by atoms with Gasteiger partial charge >= 0.3 is 0 Å². The highest BCUT2D eigenvalue weighted by Crippen LogP contribution is 2.29. The van der Waals surface area contributed by atoms with Gasteiger partial charge < -0.3 is 15.0 Å². The number of thioether (sulfide) groups is 1. The maximum Gasteiger partial charge on any atom is 0.234 e. The number of aliphatic hydroxyl groups is 1. The fourth-order valence-corrected chi connectivity index (χ4v) is 3.46. The summed E-state index contributed by atoms with van der Waals surface area (Å²) in [4.78, 5) is 16.2. The van der Waals surface area contributed by atoms with Crippen LogP contribution in [0.1, 0.15) is 12.6 Å². The van der Waals surface area contributed by atoms with Gasteiger partial charge in [0.2, 0.25) is 5.91 Å². The van der Waals surface area contributed by atoms with Gasteiger partial charge in [0.1, 0.15) is 0 Å². The van der Waals surface area contributed by atoms with E-state index in [0.717, 1.165) is 5.69 Å². The number of nitrogens with one attached hydrogen (secondary N) is 1. The van der Waals surface area contributed by atoms with Crippen LogP contribution in [0.2, 0.25) is 5.02 Å². The second-order valence-electron chi connectivity index (χ2n) is 5.57. The predicted molar refractivity (Wildman–Crippen MR) is 106 cm³/mol. The predicted octanol–water partition coefficient (Wildman–Crippen LogP) is 3.24. The van der Waals surface area contributed by atoms with Gasteiger partial charge in [0.05, 0.1) is 23.1 Å². The van der Waals surface area contributed by atoms with Crippen LogP contribution in [0.15, 0.2) is 47.8 Å². The standard InChI is InChI=1S/C18H18ClN5O2S/c1-2-24-17(14-8-13(10-25)20-9-15(14)19)22-23-18(24)27-11-16(26)21-12-6-4-3-5-7-12/h3-9,25H,2,10-11H2,1H3,(H,21,26). The van der Waals surface area contributed by atoms with Gasteiger partial charge in [-0.3, -0.25) is 9.78 Å². The molecule has 27 heavy (non-hydrogen) atoms. The van der Waals surface area contributed by atoms with Crippen LogP contribution in [0, 0.1) is 0 Å². The number of para-hydroxylation sites is 1. The summed E-state index contributed by atoms with van der Waals surface area (Å²) in [5.41, 5.74) is 1.89. The van der Waals surface area contributed by atoms with Gasteiger partial charge in [-0.15, -0.1) is 10.2 Å². The third kappa shape index (κ3) is 4.65. The number of rotatable bonds is 7. The van der Waals surface area contributed by atoms with E-state index < -0.39 is 0 Å². The fraction of sp³-hybridized carbons (Fsp3) is 0.222. The van der Waals surface area contributed by atoms with Crippen LogP contribution in [0.5, 0.6) is 0 Å². The van der Waals surface area contributed by atoms with Crippen LogP contribution in [-0.4, -0.2) is 36.5 Å². The summed E-state index contributed by atoms with van der Waals surface area (Å²) >= 11 is 7.55. The molecule has 0 aliphatic heterocycles. The number of benzene rings is 1. The zero-order chi connectivity index (χ0) is 19.2. The van der Waals surface area contributed by atoms with Gasteiger partial charge in [0.15, 0.2) is 11.0 Å². The van der Waals surface area contributed by atoms with Crippen molar-refractivity contribution >= 4 is 35.0 Å². The Morgan fingerprint density at radius 1 is 1.30 bits per heavy atom. The Balaban J connectivity index is 1.75. The number of carbonyl (C=O) groups is 1. The number of hydrogen-bond donors (Lipinski definition) is 2. The lowest BCUT2D eigenvalue weighted by molar-refractivity contribution is -0.113. The van der Waals surface area contributed by atoms with Crippen LogP contribution < -0.4 is 5.32 Å². The molecule has 0 saturated carbocycles. The number of amides is 1. The highest BCUT2D eigenvalue weighted by atomic mass is 35.5. The summed E-state index contributed by atoms with van der Waals surface area (Å²) in [6, 6.07) is 11.0. The van der Waals surface area contributed by atoms with Gasteiger partial charge in [-0.2, -0.15) is 0 Å². The molecule has 0 unspecified atom stereocenters. The lowest BCUT2D eigenvalue weighted by Crippen LogP contribution is -2.14. The number of halogens is 1. The highest BCUT2D eigenvalue weighted by molar-refractivity contribution is 7.99. The van der Waals surface area contributed by atoms with Crippen LogP contribution in [-0.2, 0) is 17.9 Å². The maximum absolute atomic E-state index is 12.2. The molecule has 3 aromatic rings. The Hall–Kier alpha value is -2.42. The van der Waals surface area contributed by atoms with E-state index >= 15 is 0 Å². The van der Waals surface area contributed by atoms with Gasteiger partial charge in [-0.05, 0) is 25.1 Å². The Kier molecular flexibility index (Phi) is 6.44. The molecule has 1 aromatic carbocycles. The summed E-state index contributed by atoms with van der Waals surface area (Å²) in [6.45, 7) is 2.38. The molecule has 2 aromatic heterocycles. The molecule has 0 fully saturated rings. The van der Waals surface area contributed by atoms with E-state index in [2.05, 4.69) is 20.5 Å². The van der Waals surface area contributed by atoms with Crippen molar-refractivity contribution in [3.8, 4) is 11.4 Å². The van der Waals surface area contributed by atoms with Crippen molar-refractivity contribution in [3.63, 3.8) is 0 Å². The first-order valence-electron chi connectivity index (χ1n) is 8.29. The summed E-state index contributed by atoms with van der Waals surface area (Å²) in [7, 11) is 0. The topological polar surface area (TPSA) is 92.9 Å². The SMILES string of the molecule is CCn1c(SCC(=O)Nc2ccccc2)nnc1-c1cc(CO)ncc1Cl. The van der Waals surface area contributed by atoms with E-state index in [1.54, 1.807) is 6.07 Å². The van der Waals surface area contributed by atoms with E-state index in [-0.39, 0.29) is 18.3 Å². The molecule has 0 saturated heterocycles. The number of aromatic nitrogens is 4. The molecule has 7 nitrogen and oxygen atoms in total. The minimum Gasteiger partial charge on any atom is -0.390 e. The van der Waals surface area contributed by atoms with E-state index in [9.17, 15) is 9.90 Å². The third-order valence-electron chi connectivity index (χ3n) is 3.74. The lowest BCUT2D eigenvalue weighted by Gasteiger charge is -2.09.